The Morgan fingerprint density at radius 1 is 0.939 bits per heavy atom. The standard InChI is InChI=1S/C23H21ClFN3O4S/c1-16(29)26-19-9-11-21(12-10-19)33(31,32)28(14-17-5-2-3-8-22(17)24)15-23(30)27-20-7-4-6-18(25)13-20/h2-13H,14-15H2,1H3,(H,26,29)(H,27,30). The van der Waals surface area contributed by atoms with Gasteiger partial charge in [0.15, 0.2) is 0 Å². The lowest BCUT2D eigenvalue weighted by Gasteiger charge is -2.22. The highest BCUT2D eigenvalue weighted by molar-refractivity contribution is 7.89. The average molecular weight is 490 g/mol. The SMILES string of the molecule is CC(=O)Nc1ccc(S(=O)(=O)N(CC(=O)Nc2cccc(F)c2)Cc2ccccc2Cl)cc1. The minimum Gasteiger partial charge on any atom is -0.326 e. The van der Waals surface area contributed by atoms with E-state index < -0.39 is 28.3 Å². The lowest BCUT2D eigenvalue weighted by atomic mass is 10.2. The normalized spacial score (nSPS) is 11.3. The molecule has 0 spiro atoms. The van der Waals surface area contributed by atoms with Gasteiger partial charge in [-0.15, -0.1) is 0 Å². The second-order valence-electron chi connectivity index (χ2n) is 7.13. The molecular formula is C23H21ClFN3O4S. The van der Waals surface area contributed by atoms with E-state index in [1.807, 2.05) is 0 Å². The molecule has 0 aliphatic carbocycles. The highest BCUT2D eigenvalue weighted by atomic mass is 35.5. The summed E-state index contributed by atoms with van der Waals surface area (Å²) in [5.41, 5.74) is 1.15. The molecule has 2 N–H and O–H groups in total. The number of carbonyl (C=O) groups is 2. The molecule has 0 heterocycles. The third-order valence-corrected chi connectivity index (χ3v) is 6.72. The van der Waals surface area contributed by atoms with Crippen LogP contribution in [0.15, 0.2) is 77.7 Å². The second kappa shape index (κ2) is 10.6. The number of carbonyl (C=O) groups excluding carboxylic acids is 2. The molecule has 0 atom stereocenters. The first-order chi connectivity index (χ1) is 15.6. The summed E-state index contributed by atoms with van der Waals surface area (Å²) in [5.74, 6) is -1.47. The van der Waals surface area contributed by atoms with Crippen molar-refractivity contribution in [3.63, 3.8) is 0 Å². The van der Waals surface area contributed by atoms with Gasteiger partial charge < -0.3 is 10.6 Å². The molecule has 172 valence electrons. The van der Waals surface area contributed by atoms with Crippen LogP contribution >= 0.6 is 11.6 Å². The fourth-order valence-electron chi connectivity index (χ4n) is 3.03. The van der Waals surface area contributed by atoms with Gasteiger partial charge in [-0.3, -0.25) is 9.59 Å². The Morgan fingerprint density at radius 2 is 1.64 bits per heavy atom. The highest BCUT2D eigenvalue weighted by Crippen LogP contribution is 2.24. The summed E-state index contributed by atoms with van der Waals surface area (Å²) in [6, 6.07) is 17.6. The molecule has 0 aliphatic heterocycles. The molecule has 2 amide bonds. The number of sulfonamides is 1. The van der Waals surface area contributed by atoms with Gasteiger partial charge in [0.1, 0.15) is 5.82 Å². The smallest absolute Gasteiger partial charge is 0.243 e. The van der Waals surface area contributed by atoms with E-state index in [0.29, 0.717) is 16.3 Å². The molecule has 3 aromatic rings. The van der Waals surface area contributed by atoms with Crippen molar-refractivity contribution in [3.8, 4) is 0 Å². The zero-order chi connectivity index (χ0) is 24.0. The van der Waals surface area contributed by atoms with E-state index in [1.165, 1.54) is 49.4 Å². The molecule has 0 saturated heterocycles. The number of halogens is 2. The number of anilines is 2. The monoisotopic (exact) mass is 489 g/mol. The largest absolute Gasteiger partial charge is 0.326 e. The van der Waals surface area contributed by atoms with Crippen LogP contribution in [0.3, 0.4) is 0 Å². The van der Waals surface area contributed by atoms with Crippen LogP contribution in [0.5, 0.6) is 0 Å². The Morgan fingerprint density at radius 3 is 2.27 bits per heavy atom. The van der Waals surface area contributed by atoms with Gasteiger partial charge in [0.25, 0.3) is 0 Å². The predicted octanol–water partition coefficient (Wildman–Crippen LogP) is 4.27. The number of rotatable bonds is 8. The van der Waals surface area contributed by atoms with E-state index in [1.54, 1.807) is 24.3 Å². The third-order valence-electron chi connectivity index (χ3n) is 4.55. The van der Waals surface area contributed by atoms with E-state index >= 15 is 0 Å². The van der Waals surface area contributed by atoms with Gasteiger partial charge in [-0.2, -0.15) is 4.31 Å². The van der Waals surface area contributed by atoms with Gasteiger partial charge in [0.05, 0.1) is 11.4 Å². The lowest BCUT2D eigenvalue weighted by Crippen LogP contribution is -2.37. The zero-order valence-corrected chi connectivity index (χ0v) is 19.2. The molecule has 10 heteroatoms. The molecule has 0 aliphatic rings. The minimum absolute atomic E-state index is 0.0674. The Bertz CT molecular complexity index is 1270. The topological polar surface area (TPSA) is 95.6 Å². The fourth-order valence-corrected chi connectivity index (χ4v) is 4.60. The van der Waals surface area contributed by atoms with Crippen molar-refractivity contribution in [3.05, 3.63) is 89.2 Å². The van der Waals surface area contributed by atoms with Crippen LogP contribution in [0, 0.1) is 5.82 Å². The molecule has 3 rings (SSSR count). The van der Waals surface area contributed by atoms with Gasteiger partial charge in [0.2, 0.25) is 21.8 Å². The van der Waals surface area contributed by atoms with Gasteiger partial charge in [-0.05, 0) is 54.1 Å². The van der Waals surface area contributed by atoms with Crippen molar-refractivity contribution in [2.24, 2.45) is 0 Å². The number of amides is 2. The van der Waals surface area contributed by atoms with Crippen molar-refractivity contribution in [2.45, 2.75) is 18.4 Å². The lowest BCUT2D eigenvalue weighted by molar-refractivity contribution is -0.116. The maximum Gasteiger partial charge on any atom is 0.243 e. The van der Waals surface area contributed by atoms with Gasteiger partial charge in [-0.1, -0.05) is 35.9 Å². The molecule has 3 aromatic carbocycles. The second-order valence-corrected chi connectivity index (χ2v) is 9.47. The van der Waals surface area contributed by atoms with Crippen LogP contribution in [-0.4, -0.2) is 31.1 Å². The first-order valence-corrected chi connectivity index (χ1v) is 11.6. The molecule has 0 unspecified atom stereocenters. The van der Waals surface area contributed by atoms with E-state index in [9.17, 15) is 22.4 Å². The fraction of sp³-hybridized carbons (Fsp3) is 0.130. The Balaban J connectivity index is 1.89. The van der Waals surface area contributed by atoms with Crippen LogP contribution in [0.25, 0.3) is 0 Å². The highest BCUT2D eigenvalue weighted by Gasteiger charge is 2.27. The Hall–Kier alpha value is -3.27. The summed E-state index contributed by atoms with van der Waals surface area (Å²) < 4.78 is 41.2. The maximum atomic E-state index is 13.4. The Labute approximate surface area is 196 Å². The van der Waals surface area contributed by atoms with Crippen molar-refractivity contribution in [2.75, 3.05) is 17.2 Å². The van der Waals surface area contributed by atoms with Gasteiger partial charge in [0, 0.05) is 29.9 Å². The van der Waals surface area contributed by atoms with Gasteiger partial charge in [-0.25, -0.2) is 12.8 Å². The predicted molar refractivity (Wildman–Crippen MR) is 125 cm³/mol. The van der Waals surface area contributed by atoms with Crippen molar-refractivity contribution in [1.29, 1.82) is 0 Å². The number of hydrogen-bond acceptors (Lipinski definition) is 4. The summed E-state index contributed by atoms with van der Waals surface area (Å²) in [6.45, 7) is 0.650. The van der Waals surface area contributed by atoms with E-state index in [2.05, 4.69) is 10.6 Å². The summed E-state index contributed by atoms with van der Waals surface area (Å²) in [6.07, 6.45) is 0. The third kappa shape index (κ3) is 6.61. The summed E-state index contributed by atoms with van der Waals surface area (Å²) >= 11 is 6.21. The van der Waals surface area contributed by atoms with Crippen molar-refractivity contribution in [1.82, 2.24) is 4.31 Å². The van der Waals surface area contributed by atoms with Crippen molar-refractivity contribution >= 4 is 44.8 Å². The number of nitrogens with zero attached hydrogens (tertiary/aromatic N) is 1. The molecule has 0 bridgehead atoms. The molecule has 0 aromatic heterocycles. The first kappa shape index (κ1) is 24.4. The summed E-state index contributed by atoms with van der Waals surface area (Å²) in [5, 5.41) is 5.42. The molecule has 7 nitrogen and oxygen atoms in total. The molecule has 0 fully saturated rings. The molecule has 0 radical (unpaired) electrons. The van der Waals surface area contributed by atoms with Crippen molar-refractivity contribution < 1.29 is 22.4 Å². The van der Waals surface area contributed by atoms with Crippen LogP contribution in [0.2, 0.25) is 5.02 Å². The van der Waals surface area contributed by atoms with E-state index in [0.717, 1.165) is 10.4 Å². The average Bonchev–Trinajstić information content (AvgIpc) is 2.74. The quantitative estimate of drug-likeness (QED) is 0.494. The zero-order valence-electron chi connectivity index (χ0n) is 17.6. The summed E-state index contributed by atoms with van der Waals surface area (Å²) in [7, 11) is -4.13. The van der Waals surface area contributed by atoms with Gasteiger partial charge >= 0.3 is 0 Å². The molecule has 33 heavy (non-hydrogen) atoms. The van der Waals surface area contributed by atoms with Crippen LogP contribution in [-0.2, 0) is 26.2 Å². The minimum atomic E-state index is -4.13. The number of nitrogens with one attached hydrogen (secondary N) is 2. The number of benzene rings is 3. The molecule has 0 saturated carbocycles. The van der Waals surface area contributed by atoms with E-state index in [4.69, 9.17) is 11.6 Å². The van der Waals surface area contributed by atoms with Crippen LogP contribution < -0.4 is 10.6 Å². The van der Waals surface area contributed by atoms with Crippen LogP contribution in [0.1, 0.15) is 12.5 Å². The van der Waals surface area contributed by atoms with Crippen LogP contribution in [0.4, 0.5) is 15.8 Å². The number of hydrogen-bond donors (Lipinski definition) is 2. The summed E-state index contributed by atoms with van der Waals surface area (Å²) in [4.78, 5) is 23.8. The first-order valence-electron chi connectivity index (χ1n) is 9.82. The maximum absolute atomic E-state index is 13.4. The van der Waals surface area contributed by atoms with E-state index in [-0.39, 0.29) is 23.0 Å². The molecular weight excluding hydrogens is 469 g/mol. The Kier molecular flexibility index (Phi) is 7.80.